The molecule has 1 unspecified atom stereocenters. The lowest BCUT2D eigenvalue weighted by Gasteiger charge is -2.13. The van der Waals surface area contributed by atoms with Crippen LogP contribution >= 0.6 is 0 Å². The van der Waals surface area contributed by atoms with Crippen LogP contribution in [-0.4, -0.2) is 39.2 Å². The maximum Gasteiger partial charge on any atom is 0.270 e. The SMILES string of the molecule is C[NH+](C)CC[NH+](C)Cc1ccc(-c2cccc([N+](=O)[O-])c2)o1. The highest BCUT2D eigenvalue weighted by atomic mass is 16.6. The van der Waals surface area contributed by atoms with E-state index in [9.17, 15) is 10.1 Å². The zero-order valence-corrected chi connectivity index (χ0v) is 13.3. The topological polar surface area (TPSA) is 65.2 Å². The number of hydrogen-bond acceptors (Lipinski definition) is 3. The molecule has 1 atom stereocenters. The molecule has 2 aromatic rings. The Bertz CT molecular complexity index is 637. The van der Waals surface area contributed by atoms with E-state index in [-0.39, 0.29) is 5.69 Å². The molecule has 118 valence electrons. The van der Waals surface area contributed by atoms with Gasteiger partial charge in [-0.1, -0.05) is 12.1 Å². The quantitative estimate of drug-likeness (QED) is 0.560. The van der Waals surface area contributed by atoms with Crippen LogP contribution in [0.2, 0.25) is 0 Å². The van der Waals surface area contributed by atoms with Gasteiger partial charge >= 0.3 is 0 Å². The average Bonchev–Trinajstić information content (AvgIpc) is 2.93. The molecule has 0 aliphatic heterocycles. The summed E-state index contributed by atoms with van der Waals surface area (Å²) in [6.07, 6.45) is 0. The van der Waals surface area contributed by atoms with Gasteiger partial charge < -0.3 is 14.2 Å². The van der Waals surface area contributed by atoms with Gasteiger partial charge in [-0.3, -0.25) is 10.1 Å². The predicted molar refractivity (Wildman–Crippen MR) is 83.9 cm³/mol. The van der Waals surface area contributed by atoms with Crippen LogP contribution in [0.4, 0.5) is 5.69 Å². The van der Waals surface area contributed by atoms with Crippen LogP contribution in [0.25, 0.3) is 11.3 Å². The molecule has 0 saturated carbocycles. The van der Waals surface area contributed by atoms with Crippen molar-refractivity contribution in [2.24, 2.45) is 0 Å². The van der Waals surface area contributed by atoms with E-state index in [4.69, 9.17) is 4.42 Å². The molecule has 0 aliphatic rings. The Morgan fingerprint density at radius 2 is 1.91 bits per heavy atom. The first-order valence-electron chi connectivity index (χ1n) is 7.39. The van der Waals surface area contributed by atoms with Crippen molar-refractivity contribution >= 4 is 5.69 Å². The number of likely N-dealkylation sites (N-methyl/N-ethyl adjacent to an activating group) is 2. The number of nitrogens with one attached hydrogen (secondary N) is 2. The van der Waals surface area contributed by atoms with Crippen LogP contribution in [-0.2, 0) is 6.54 Å². The number of nitro benzene ring substituents is 1. The summed E-state index contributed by atoms with van der Waals surface area (Å²) in [5.74, 6) is 1.57. The first-order chi connectivity index (χ1) is 10.5. The van der Waals surface area contributed by atoms with Crippen molar-refractivity contribution < 1.29 is 19.1 Å². The molecular weight excluding hydrogens is 282 g/mol. The zero-order valence-electron chi connectivity index (χ0n) is 13.3. The van der Waals surface area contributed by atoms with Gasteiger partial charge in [-0.25, -0.2) is 0 Å². The Kier molecular flexibility index (Phi) is 5.30. The summed E-state index contributed by atoms with van der Waals surface area (Å²) in [5, 5.41) is 10.8. The lowest BCUT2D eigenvalue weighted by molar-refractivity contribution is -0.938. The second-order valence-corrected chi connectivity index (χ2v) is 5.91. The first kappa shape index (κ1) is 16.2. The van der Waals surface area contributed by atoms with E-state index in [0.717, 1.165) is 31.0 Å². The van der Waals surface area contributed by atoms with Gasteiger partial charge in [0, 0.05) is 17.7 Å². The van der Waals surface area contributed by atoms with Crippen LogP contribution in [0, 0.1) is 10.1 Å². The Morgan fingerprint density at radius 1 is 1.14 bits per heavy atom. The maximum atomic E-state index is 10.8. The van der Waals surface area contributed by atoms with E-state index >= 15 is 0 Å². The molecule has 1 aromatic carbocycles. The van der Waals surface area contributed by atoms with Crippen molar-refractivity contribution in [3.8, 4) is 11.3 Å². The molecule has 0 bridgehead atoms. The highest BCUT2D eigenvalue weighted by Gasteiger charge is 2.13. The molecule has 2 N–H and O–H groups in total. The second kappa shape index (κ2) is 7.20. The number of non-ortho nitro benzene ring substituents is 1. The van der Waals surface area contributed by atoms with E-state index in [0.29, 0.717) is 5.76 Å². The molecule has 22 heavy (non-hydrogen) atoms. The maximum absolute atomic E-state index is 10.8. The van der Waals surface area contributed by atoms with E-state index in [1.807, 2.05) is 18.2 Å². The summed E-state index contributed by atoms with van der Waals surface area (Å²) in [6.45, 7) is 2.97. The number of benzene rings is 1. The van der Waals surface area contributed by atoms with Gasteiger partial charge in [0.15, 0.2) is 5.76 Å². The monoisotopic (exact) mass is 305 g/mol. The minimum Gasteiger partial charge on any atom is -0.455 e. The van der Waals surface area contributed by atoms with E-state index in [2.05, 4.69) is 21.1 Å². The van der Waals surface area contributed by atoms with Crippen molar-refractivity contribution in [1.29, 1.82) is 0 Å². The molecule has 0 aliphatic carbocycles. The molecule has 1 aromatic heterocycles. The molecule has 0 amide bonds. The normalized spacial score (nSPS) is 12.5. The van der Waals surface area contributed by atoms with Crippen LogP contribution in [0.3, 0.4) is 0 Å². The number of quaternary nitrogens is 2. The van der Waals surface area contributed by atoms with Gasteiger partial charge in [0.1, 0.15) is 25.4 Å². The highest BCUT2D eigenvalue weighted by molar-refractivity contribution is 5.61. The largest absolute Gasteiger partial charge is 0.455 e. The van der Waals surface area contributed by atoms with Crippen LogP contribution < -0.4 is 9.80 Å². The average molecular weight is 305 g/mol. The van der Waals surface area contributed by atoms with Crippen molar-refractivity contribution in [3.63, 3.8) is 0 Å². The summed E-state index contributed by atoms with van der Waals surface area (Å²) in [6, 6.07) is 10.3. The van der Waals surface area contributed by atoms with E-state index in [1.54, 1.807) is 6.07 Å². The fourth-order valence-electron chi connectivity index (χ4n) is 2.25. The third-order valence-corrected chi connectivity index (χ3v) is 3.53. The summed E-state index contributed by atoms with van der Waals surface area (Å²) in [7, 11) is 6.42. The lowest BCUT2D eigenvalue weighted by Crippen LogP contribution is -3.15. The van der Waals surface area contributed by atoms with Gasteiger partial charge in [0.2, 0.25) is 0 Å². The summed E-state index contributed by atoms with van der Waals surface area (Å²) in [5.41, 5.74) is 0.808. The molecule has 2 rings (SSSR count). The minimum absolute atomic E-state index is 0.0761. The van der Waals surface area contributed by atoms with Crippen molar-refractivity contribution in [2.75, 3.05) is 34.2 Å². The zero-order chi connectivity index (χ0) is 16.1. The van der Waals surface area contributed by atoms with E-state index < -0.39 is 4.92 Å². The molecule has 0 spiro atoms. The van der Waals surface area contributed by atoms with Crippen LogP contribution in [0.15, 0.2) is 40.8 Å². The Balaban J connectivity index is 2.05. The van der Waals surface area contributed by atoms with Crippen LogP contribution in [0.5, 0.6) is 0 Å². The molecule has 0 fully saturated rings. The smallest absolute Gasteiger partial charge is 0.270 e. The molecule has 0 saturated heterocycles. The summed E-state index contributed by atoms with van der Waals surface area (Å²) >= 11 is 0. The fraction of sp³-hybridized carbons (Fsp3) is 0.375. The number of nitro groups is 1. The van der Waals surface area contributed by atoms with Crippen molar-refractivity contribution in [1.82, 2.24) is 0 Å². The second-order valence-electron chi connectivity index (χ2n) is 5.91. The van der Waals surface area contributed by atoms with Gasteiger partial charge in [-0.15, -0.1) is 0 Å². The predicted octanol–water partition coefficient (Wildman–Crippen LogP) is 0.0140. The third-order valence-electron chi connectivity index (χ3n) is 3.53. The standard InChI is InChI=1S/C16H21N3O3/c1-17(2)9-10-18(3)12-15-7-8-16(22-15)13-5-4-6-14(11-13)19(20)21/h4-8,11H,9-10,12H2,1-3H3/p+2. The summed E-state index contributed by atoms with van der Waals surface area (Å²) in [4.78, 5) is 13.2. The third kappa shape index (κ3) is 4.41. The molecule has 1 heterocycles. The fourth-order valence-corrected chi connectivity index (χ4v) is 2.25. The Morgan fingerprint density at radius 3 is 2.59 bits per heavy atom. The highest BCUT2D eigenvalue weighted by Crippen LogP contribution is 2.25. The van der Waals surface area contributed by atoms with Crippen molar-refractivity contribution in [3.05, 3.63) is 52.3 Å². The lowest BCUT2D eigenvalue weighted by atomic mass is 10.1. The minimum atomic E-state index is -0.394. The molecule has 6 heteroatoms. The van der Waals surface area contributed by atoms with E-state index in [1.165, 1.54) is 21.9 Å². The number of furan rings is 1. The molecule has 0 radical (unpaired) electrons. The van der Waals surface area contributed by atoms with Gasteiger partial charge in [0.25, 0.3) is 5.69 Å². The van der Waals surface area contributed by atoms with Crippen LogP contribution in [0.1, 0.15) is 5.76 Å². The first-order valence-corrected chi connectivity index (χ1v) is 7.39. The molecule has 6 nitrogen and oxygen atoms in total. The van der Waals surface area contributed by atoms with Gasteiger partial charge in [-0.05, 0) is 12.1 Å². The Labute approximate surface area is 130 Å². The van der Waals surface area contributed by atoms with Crippen molar-refractivity contribution in [2.45, 2.75) is 6.54 Å². The van der Waals surface area contributed by atoms with Gasteiger partial charge in [0.05, 0.1) is 26.1 Å². The van der Waals surface area contributed by atoms with Gasteiger partial charge in [-0.2, -0.15) is 0 Å². The number of rotatable bonds is 7. The Hall–Kier alpha value is -2.18. The number of hydrogen-bond donors (Lipinski definition) is 2. The molecular formula is C16H23N3O3+2. The number of nitrogens with zero attached hydrogens (tertiary/aromatic N) is 1. The summed E-state index contributed by atoms with van der Waals surface area (Å²) < 4.78 is 5.83.